The molecular formula is C22H17BrCl2N2O3. The first-order valence-electron chi connectivity index (χ1n) is 8.80. The third-order valence-corrected chi connectivity index (χ3v) is 5.17. The van der Waals surface area contributed by atoms with Crippen molar-refractivity contribution in [2.24, 2.45) is 5.10 Å². The smallest absolute Gasteiger partial charge is 0.272 e. The van der Waals surface area contributed by atoms with Crippen LogP contribution in [0.25, 0.3) is 0 Å². The zero-order valence-electron chi connectivity index (χ0n) is 15.9. The summed E-state index contributed by atoms with van der Waals surface area (Å²) in [5, 5.41) is 4.69. The molecular weight excluding hydrogens is 491 g/mol. The van der Waals surface area contributed by atoms with Crippen molar-refractivity contribution in [3.63, 3.8) is 0 Å². The summed E-state index contributed by atoms with van der Waals surface area (Å²) in [6, 6.07) is 18.0. The Hall–Kier alpha value is -2.54. The highest BCUT2D eigenvalue weighted by atomic mass is 79.9. The van der Waals surface area contributed by atoms with E-state index < -0.39 is 5.91 Å². The van der Waals surface area contributed by atoms with Gasteiger partial charge in [-0.2, -0.15) is 5.10 Å². The molecule has 0 unspecified atom stereocenters. The Balaban J connectivity index is 1.70. The van der Waals surface area contributed by atoms with E-state index >= 15 is 0 Å². The molecule has 1 N–H and O–H groups in total. The summed E-state index contributed by atoms with van der Waals surface area (Å²) in [6.07, 6.45) is 1.50. The van der Waals surface area contributed by atoms with Gasteiger partial charge in [-0.05, 0) is 57.4 Å². The number of nitrogens with zero attached hydrogens (tertiary/aromatic N) is 1. The second kappa shape index (κ2) is 10.5. The van der Waals surface area contributed by atoms with Crippen LogP contribution in [0.15, 0.2) is 70.2 Å². The van der Waals surface area contributed by atoms with Crippen LogP contribution in [0, 0.1) is 0 Å². The topological polar surface area (TPSA) is 59.9 Å². The molecule has 3 rings (SSSR count). The van der Waals surface area contributed by atoms with Crippen molar-refractivity contribution in [3.05, 3.63) is 91.9 Å². The van der Waals surface area contributed by atoms with Crippen molar-refractivity contribution in [2.75, 3.05) is 7.11 Å². The van der Waals surface area contributed by atoms with Gasteiger partial charge in [-0.1, -0.05) is 53.5 Å². The molecule has 0 aliphatic heterocycles. The van der Waals surface area contributed by atoms with Crippen molar-refractivity contribution < 1.29 is 14.3 Å². The number of ether oxygens (including phenoxy) is 2. The normalized spacial score (nSPS) is 10.8. The summed E-state index contributed by atoms with van der Waals surface area (Å²) >= 11 is 15.4. The monoisotopic (exact) mass is 506 g/mol. The number of methoxy groups -OCH3 is 1. The highest BCUT2D eigenvalue weighted by molar-refractivity contribution is 9.10. The summed E-state index contributed by atoms with van der Waals surface area (Å²) in [7, 11) is 1.56. The third kappa shape index (κ3) is 5.75. The largest absolute Gasteiger partial charge is 0.493 e. The van der Waals surface area contributed by atoms with Gasteiger partial charge in [-0.3, -0.25) is 4.79 Å². The van der Waals surface area contributed by atoms with Gasteiger partial charge in [0.25, 0.3) is 5.91 Å². The van der Waals surface area contributed by atoms with Crippen LogP contribution >= 0.6 is 39.1 Å². The quantitative estimate of drug-likeness (QED) is 0.310. The molecule has 0 aromatic heterocycles. The van der Waals surface area contributed by atoms with E-state index in [-0.39, 0.29) is 10.6 Å². The molecule has 0 saturated heterocycles. The predicted molar refractivity (Wildman–Crippen MR) is 123 cm³/mol. The van der Waals surface area contributed by atoms with Gasteiger partial charge in [0.15, 0.2) is 11.5 Å². The molecule has 3 aromatic carbocycles. The first kappa shape index (κ1) is 22.2. The van der Waals surface area contributed by atoms with Gasteiger partial charge in [0.05, 0.1) is 28.4 Å². The van der Waals surface area contributed by atoms with Crippen molar-refractivity contribution in [1.29, 1.82) is 0 Å². The molecule has 3 aromatic rings. The predicted octanol–water partition coefficient (Wildman–Crippen LogP) is 6.11. The number of hydrazone groups is 1. The Morgan fingerprint density at radius 3 is 2.60 bits per heavy atom. The maximum absolute atomic E-state index is 12.2. The summed E-state index contributed by atoms with van der Waals surface area (Å²) in [5.41, 5.74) is 4.47. The van der Waals surface area contributed by atoms with E-state index in [2.05, 4.69) is 26.5 Å². The molecule has 1 amide bonds. The van der Waals surface area contributed by atoms with E-state index in [1.54, 1.807) is 19.2 Å². The summed E-state index contributed by atoms with van der Waals surface area (Å²) in [6.45, 7) is 0.404. The van der Waals surface area contributed by atoms with Gasteiger partial charge in [0.2, 0.25) is 0 Å². The van der Waals surface area contributed by atoms with E-state index in [0.717, 1.165) is 5.56 Å². The molecule has 30 heavy (non-hydrogen) atoms. The number of carbonyl (C=O) groups excluding carboxylic acids is 1. The number of amides is 1. The van der Waals surface area contributed by atoms with Crippen molar-refractivity contribution in [2.45, 2.75) is 6.61 Å². The van der Waals surface area contributed by atoms with Crippen LogP contribution in [0.4, 0.5) is 0 Å². The van der Waals surface area contributed by atoms with Gasteiger partial charge in [0, 0.05) is 5.02 Å². The number of hydrogen-bond acceptors (Lipinski definition) is 4. The van der Waals surface area contributed by atoms with Crippen LogP contribution < -0.4 is 14.9 Å². The molecule has 0 atom stereocenters. The molecule has 0 spiro atoms. The van der Waals surface area contributed by atoms with Crippen LogP contribution in [0.2, 0.25) is 10.0 Å². The Kier molecular flexibility index (Phi) is 7.74. The second-order valence-electron chi connectivity index (χ2n) is 6.13. The highest BCUT2D eigenvalue weighted by Crippen LogP contribution is 2.36. The van der Waals surface area contributed by atoms with Crippen LogP contribution in [-0.4, -0.2) is 19.2 Å². The zero-order chi connectivity index (χ0) is 21.5. The van der Waals surface area contributed by atoms with Gasteiger partial charge in [-0.25, -0.2) is 5.43 Å². The standard InChI is InChI=1S/C22H17BrCl2N2O3/c1-29-20-10-15(9-18(23)21(20)30-13-14-5-3-2-4-6-14)12-26-27-22(28)17-8-7-16(24)11-19(17)25/h2-12H,13H2,1H3,(H,27,28)/b26-12-. The number of halogens is 3. The van der Waals surface area contributed by atoms with Crippen LogP contribution in [0.3, 0.4) is 0 Å². The molecule has 0 heterocycles. The maximum Gasteiger partial charge on any atom is 0.272 e. The van der Waals surface area contributed by atoms with Crippen LogP contribution in [-0.2, 0) is 6.61 Å². The lowest BCUT2D eigenvalue weighted by Crippen LogP contribution is -2.18. The fraction of sp³-hybridized carbons (Fsp3) is 0.0909. The van der Waals surface area contributed by atoms with Gasteiger partial charge < -0.3 is 9.47 Å². The van der Waals surface area contributed by atoms with Crippen LogP contribution in [0.1, 0.15) is 21.5 Å². The molecule has 0 bridgehead atoms. The minimum Gasteiger partial charge on any atom is -0.493 e. The Bertz CT molecular complexity index is 1080. The molecule has 0 radical (unpaired) electrons. The van der Waals surface area contributed by atoms with E-state index in [1.165, 1.54) is 18.3 Å². The van der Waals surface area contributed by atoms with Crippen LogP contribution in [0.5, 0.6) is 11.5 Å². The number of benzene rings is 3. The van der Waals surface area contributed by atoms with E-state index in [9.17, 15) is 4.79 Å². The molecule has 8 heteroatoms. The lowest BCUT2D eigenvalue weighted by Gasteiger charge is -2.13. The van der Waals surface area contributed by atoms with E-state index in [0.29, 0.717) is 33.2 Å². The SMILES string of the molecule is COc1cc(/C=N\NC(=O)c2ccc(Cl)cc2Cl)cc(Br)c1OCc1ccccc1. The number of carbonyl (C=O) groups is 1. The third-order valence-electron chi connectivity index (χ3n) is 4.03. The average molecular weight is 508 g/mol. The van der Waals surface area contributed by atoms with Gasteiger partial charge in [-0.15, -0.1) is 0 Å². The Labute approximate surface area is 192 Å². The molecule has 154 valence electrons. The number of rotatable bonds is 7. The number of hydrogen-bond donors (Lipinski definition) is 1. The fourth-order valence-electron chi connectivity index (χ4n) is 2.58. The van der Waals surface area contributed by atoms with E-state index in [4.69, 9.17) is 32.7 Å². The minimum absolute atomic E-state index is 0.250. The summed E-state index contributed by atoms with van der Waals surface area (Å²) in [4.78, 5) is 12.2. The maximum atomic E-state index is 12.2. The van der Waals surface area contributed by atoms with Crippen molar-refractivity contribution >= 4 is 51.3 Å². The highest BCUT2D eigenvalue weighted by Gasteiger charge is 2.12. The van der Waals surface area contributed by atoms with E-state index in [1.807, 2.05) is 36.4 Å². The molecule has 0 saturated carbocycles. The average Bonchev–Trinajstić information content (AvgIpc) is 2.73. The first-order valence-corrected chi connectivity index (χ1v) is 10.4. The molecule has 5 nitrogen and oxygen atoms in total. The lowest BCUT2D eigenvalue weighted by atomic mass is 10.2. The van der Waals surface area contributed by atoms with Crippen molar-refractivity contribution in [1.82, 2.24) is 5.43 Å². The summed E-state index contributed by atoms with van der Waals surface area (Å²) in [5.74, 6) is 0.672. The molecule has 0 aliphatic rings. The summed E-state index contributed by atoms with van der Waals surface area (Å²) < 4.78 is 12.1. The minimum atomic E-state index is -0.443. The zero-order valence-corrected chi connectivity index (χ0v) is 19.0. The molecule has 0 aliphatic carbocycles. The van der Waals surface area contributed by atoms with Gasteiger partial charge in [0.1, 0.15) is 6.61 Å². The lowest BCUT2D eigenvalue weighted by molar-refractivity contribution is 0.0955. The van der Waals surface area contributed by atoms with Crippen molar-refractivity contribution in [3.8, 4) is 11.5 Å². The Morgan fingerprint density at radius 1 is 1.13 bits per heavy atom. The fourth-order valence-corrected chi connectivity index (χ4v) is 3.65. The molecule has 0 fully saturated rings. The Morgan fingerprint density at radius 2 is 1.90 bits per heavy atom. The second-order valence-corrected chi connectivity index (χ2v) is 7.83. The first-order chi connectivity index (χ1) is 14.5. The number of nitrogens with one attached hydrogen (secondary N) is 1. The van der Waals surface area contributed by atoms with Gasteiger partial charge >= 0.3 is 0 Å².